The molecule has 0 spiro atoms. The van der Waals surface area contributed by atoms with Gasteiger partial charge in [-0.1, -0.05) is 0 Å². The van der Waals surface area contributed by atoms with Crippen LogP contribution in [0.3, 0.4) is 0 Å². The molecular formula is C10H19ClO4S. The Morgan fingerprint density at radius 1 is 1.31 bits per heavy atom. The molecule has 1 atom stereocenters. The first-order valence-electron chi connectivity index (χ1n) is 4.78. The van der Waals surface area contributed by atoms with Crippen LogP contribution in [0.15, 0.2) is 0 Å². The fourth-order valence-corrected chi connectivity index (χ4v) is 1.31. The van der Waals surface area contributed by atoms with E-state index in [-0.39, 0.29) is 6.61 Å². The fourth-order valence-electron chi connectivity index (χ4n) is 0.710. The number of ether oxygens (including phenoxy) is 1. The maximum Gasteiger partial charge on any atom is 0.314 e. The molecule has 0 aromatic rings. The number of hydrogen-bond acceptors (Lipinski definition) is 4. The van der Waals surface area contributed by atoms with Gasteiger partial charge in [0, 0.05) is 10.7 Å². The molecule has 0 amide bonds. The van der Waals surface area contributed by atoms with Gasteiger partial charge in [0.2, 0.25) is 0 Å². The Kier molecular flexibility index (Phi) is 4.86. The van der Waals surface area contributed by atoms with E-state index in [4.69, 9.17) is 19.6 Å². The van der Waals surface area contributed by atoms with Crippen LogP contribution in [0.4, 0.5) is 0 Å². The molecule has 6 heteroatoms. The van der Waals surface area contributed by atoms with E-state index in [1.165, 1.54) is 0 Å². The Morgan fingerprint density at radius 2 is 1.75 bits per heavy atom. The maximum absolute atomic E-state index is 11.7. The van der Waals surface area contributed by atoms with Crippen LogP contribution in [0.1, 0.15) is 34.6 Å². The van der Waals surface area contributed by atoms with Crippen molar-refractivity contribution in [3.05, 3.63) is 0 Å². The van der Waals surface area contributed by atoms with Gasteiger partial charge < -0.3 is 4.74 Å². The average molecular weight is 271 g/mol. The summed E-state index contributed by atoms with van der Waals surface area (Å²) in [6, 6.07) is 0. The second-order valence-corrected chi connectivity index (χ2v) is 7.91. The molecule has 1 unspecified atom stereocenters. The summed E-state index contributed by atoms with van der Waals surface area (Å²) in [5.41, 5.74) is -1.48. The molecule has 0 radical (unpaired) electrons. The molecule has 0 rings (SSSR count). The zero-order valence-electron chi connectivity index (χ0n) is 10.3. The molecule has 96 valence electrons. The highest BCUT2D eigenvalue weighted by Gasteiger charge is 2.33. The predicted octanol–water partition coefficient (Wildman–Crippen LogP) is 2.16. The summed E-state index contributed by atoms with van der Waals surface area (Å²) in [5, 5.41) is 0. The third-order valence-corrected chi connectivity index (χ3v) is 2.28. The van der Waals surface area contributed by atoms with E-state index in [1.807, 2.05) is 0 Å². The Bertz CT molecular complexity index is 352. The number of esters is 1. The molecule has 0 fully saturated rings. The zero-order chi connectivity index (χ0) is 13.2. The van der Waals surface area contributed by atoms with Crippen LogP contribution >= 0.6 is 10.7 Å². The van der Waals surface area contributed by atoms with E-state index in [0.717, 1.165) is 0 Å². The minimum atomic E-state index is -3.07. The van der Waals surface area contributed by atoms with Gasteiger partial charge in [0.05, 0.1) is 12.0 Å². The van der Waals surface area contributed by atoms with Gasteiger partial charge in [0.1, 0.15) is 5.60 Å². The van der Waals surface area contributed by atoms with Crippen LogP contribution in [-0.4, -0.2) is 28.3 Å². The van der Waals surface area contributed by atoms with E-state index in [0.29, 0.717) is 0 Å². The summed E-state index contributed by atoms with van der Waals surface area (Å²) in [7, 11) is 2.25. The Labute approximate surface area is 102 Å². The Morgan fingerprint density at radius 3 is 2.06 bits per heavy atom. The summed E-state index contributed by atoms with van der Waals surface area (Å²) in [5.74, 6) is 2.70. The molecule has 16 heavy (non-hydrogen) atoms. The van der Waals surface area contributed by atoms with Crippen LogP contribution in [-0.2, 0) is 22.7 Å². The van der Waals surface area contributed by atoms with Gasteiger partial charge in [-0.25, -0.2) is 4.21 Å². The molecule has 4 nitrogen and oxygen atoms in total. The Balaban J connectivity index is 4.50. The van der Waals surface area contributed by atoms with Gasteiger partial charge in [-0.3, -0.25) is 8.98 Å². The lowest BCUT2D eigenvalue weighted by molar-refractivity contribution is -0.167. The highest BCUT2D eigenvalue weighted by Crippen LogP contribution is 2.23. The summed E-state index contributed by atoms with van der Waals surface area (Å²) in [6.45, 7) is 8.47. The van der Waals surface area contributed by atoms with Gasteiger partial charge in [-0.2, -0.15) is 0 Å². The second-order valence-electron chi connectivity index (χ2n) is 5.19. The van der Waals surface area contributed by atoms with Gasteiger partial charge in [0.15, 0.2) is 9.02 Å². The fraction of sp³-hybridized carbons (Fsp3) is 0.800. The predicted molar refractivity (Wildman–Crippen MR) is 66.7 cm³/mol. The maximum atomic E-state index is 11.7. The third kappa shape index (κ3) is 7.09. The summed E-state index contributed by atoms with van der Waals surface area (Å²) in [6.07, 6.45) is 0. The van der Waals surface area contributed by atoms with Gasteiger partial charge in [-0.05, 0) is 40.5 Å². The normalized spacial score (nSPS) is 16.6. The first kappa shape index (κ1) is 15.7. The standard InChI is InChI=1S/C10H19ClO4S/c1-9(2,3)15-8(12)10(4,5)7-14-16(6,11)13/h6-7H2,1-5H3. The van der Waals surface area contributed by atoms with Crippen LogP contribution in [0.2, 0.25) is 0 Å². The van der Waals surface area contributed by atoms with Crippen molar-refractivity contribution in [2.45, 2.75) is 40.2 Å². The number of rotatable bonds is 4. The van der Waals surface area contributed by atoms with E-state index >= 15 is 0 Å². The van der Waals surface area contributed by atoms with Crippen molar-refractivity contribution in [3.8, 4) is 0 Å². The van der Waals surface area contributed by atoms with Crippen molar-refractivity contribution < 1.29 is 17.9 Å². The SMILES string of the molecule is C=S(=O)(Cl)OCC(C)(C)C(=O)OC(C)(C)C. The zero-order valence-corrected chi connectivity index (χ0v) is 11.9. The van der Waals surface area contributed by atoms with E-state index < -0.39 is 26.0 Å². The lowest BCUT2D eigenvalue weighted by atomic mass is 9.95. The molecule has 0 aromatic heterocycles. The van der Waals surface area contributed by atoms with Crippen molar-refractivity contribution in [1.82, 2.24) is 0 Å². The minimum absolute atomic E-state index is 0.103. The highest BCUT2D eigenvalue weighted by atomic mass is 35.7. The summed E-state index contributed by atoms with van der Waals surface area (Å²) in [4.78, 5) is 11.7. The largest absolute Gasteiger partial charge is 0.459 e. The number of hydrogen-bond donors (Lipinski definition) is 0. The van der Waals surface area contributed by atoms with Gasteiger partial charge >= 0.3 is 5.97 Å². The smallest absolute Gasteiger partial charge is 0.314 e. The quantitative estimate of drug-likeness (QED) is 0.446. The minimum Gasteiger partial charge on any atom is -0.459 e. The molecule has 0 aliphatic carbocycles. The second kappa shape index (κ2) is 4.94. The van der Waals surface area contributed by atoms with Crippen molar-refractivity contribution in [2.75, 3.05) is 6.61 Å². The van der Waals surface area contributed by atoms with Crippen molar-refractivity contribution >= 4 is 31.5 Å². The first-order chi connectivity index (χ1) is 6.83. The molecule has 0 saturated heterocycles. The van der Waals surface area contributed by atoms with Crippen molar-refractivity contribution in [1.29, 1.82) is 0 Å². The number of carbonyl (C=O) groups is 1. The van der Waals surface area contributed by atoms with Crippen molar-refractivity contribution in [3.63, 3.8) is 0 Å². The molecule has 0 aromatic carbocycles. The Hall–Kier alpha value is -0.260. The average Bonchev–Trinajstić information content (AvgIpc) is 1.96. The van der Waals surface area contributed by atoms with Crippen LogP contribution in [0.5, 0.6) is 0 Å². The molecule has 0 aliphatic heterocycles. The van der Waals surface area contributed by atoms with Crippen LogP contribution < -0.4 is 0 Å². The molecule has 0 saturated carbocycles. The van der Waals surface area contributed by atoms with Gasteiger partial charge in [-0.15, -0.1) is 0 Å². The number of halogens is 1. The molecule has 0 heterocycles. The first-order valence-corrected chi connectivity index (χ1v) is 7.26. The molecular weight excluding hydrogens is 252 g/mol. The van der Waals surface area contributed by atoms with E-state index in [2.05, 4.69) is 5.87 Å². The monoisotopic (exact) mass is 270 g/mol. The van der Waals surface area contributed by atoms with E-state index in [1.54, 1.807) is 34.6 Å². The van der Waals surface area contributed by atoms with Crippen LogP contribution in [0, 0.1) is 5.41 Å². The molecule has 0 aliphatic rings. The van der Waals surface area contributed by atoms with E-state index in [9.17, 15) is 9.00 Å². The van der Waals surface area contributed by atoms with Gasteiger partial charge in [0.25, 0.3) is 0 Å². The summed E-state index contributed by atoms with van der Waals surface area (Å²) < 4.78 is 21.0. The topological polar surface area (TPSA) is 52.6 Å². The highest BCUT2D eigenvalue weighted by molar-refractivity contribution is 8.17. The van der Waals surface area contributed by atoms with Crippen molar-refractivity contribution in [2.24, 2.45) is 5.41 Å². The lowest BCUT2D eigenvalue weighted by Crippen LogP contribution is -2.37. The third-order valence-electron chi connectivity index (χ3n) is 1.55. The van der Waals surface area contributed by atoms with Crippen LogP contribution in [0.25, 0.3) is 0 Å². The molecule has 0 N–H and O–H groups in total. The summed E-state index contributed by atoms with van der Waals surface area (Å²) >= 11 is 0. The molecule has 0 bridgehead atoms. The lowest BCUT2D eigenvalue weighted by Gasteiger charge is -2.27. The number of carbonyl (C=O) groups excluding carboxylic acids is 1.